The first-order valence-electron chi connectivity index (χ1n) is 10.9. The Hall–Kier alpha value is -3.11. The molecule has 1 amide bonds. The van der Waals surface area contributed by atoms with Gasteiger partial charge in [-0.1, -0.05) is 78.9 Å². The predicted molar refractivity (Wildman–Crippen MR) is 124 cm³/mol. The molecule has 3 aromatic carbocycles. The number of para-hydroxylation sites is 1. The number of aryl methyl sites for hydroxylation is 2. The molecule has 1 heterocycles. The predicted octanol–water partition coefficient (Wildman–Crippen LogP) is 4.62. The van der Waals surface area contributed by atoms with E-state index in [9.17, 15) is 4.79 Å². The Morgan fingerprint density at radius 2 is 1.29 bits per heavy atom. The first-order chi connectivity index (χ1) is 15.1. The average molecular weight is 415 g/mol. The van der Waals surface area contributed by atoms with Crippen molar-refractivity contribution in [2.75, 3.05) is 32.8 Å². The van der Waals surface area contributed by atoms with Gasteiger partial charge < -0.3 is 9.64 Å². The normalized spacial score (nSPS) is 14.6. The van der Waals surface area contributed by atoms with Crippen molar-refractivity contribution in [1.82, 2.24) is 9.80 Å². The van der Waals surface area contributed by atoms with E-state index in [1.165, 1.54) is 11.1 Å². The highest BCUT2D eigenvalue weighted by Gasteiger charge is 2.28. The number of hydrogen-bond donors (Lipinski definition) is 0. The molecule has 0 unspecified atom stereocenters. The summed E-state index contributed by atoms with van der Waals surface area (Å²) in [5.74, 6) is 0.876. The molecule has 4 rings (SSSR count). The molecule has 1 aliphatic heterocycles. The van der Waals surface area contributed by atoms with E-state index < -0.39 is 0 Å². The van der Waals surface area contributed by atoms with Crippen molar-refractivity contribution >= 4 is 5.91 Å². The fraction of sp³-hybridized carbons (Fsp3) is 0.296. The summed E-state index contributed by atoms with van der Waals surface area (Å²) in [7, 11) is 0. The van der Waals surface area contributed by atoms with Gasteiger partial charge in [0.05, 0.1) is 6.04 Å². The lowest BCUT2D eigenvalue weighted by Crippen LogP contribution is -2.51. The second-order valence-electron chi connectivity index (χ2n) is 8.15. The van der Waals surface area contributed by atoms with Crippen LogP contribution in [0.3, 0.4) is 0 Å². The molecular formula is C27H30N2O2. The number of hydrogen-bond acceptors (Lipinski definition) is 3. The third-order valence-corrected chi connectivity index (χ3v) is 6.01. The minimum Gasteiger partial charge on any atom is -0.483 e. The quantitative estimate of drug-likeness (QED) is 0.590. The molecular weight excluding hydrogens is 384 g/mol. The molecule has 0 radical (unpaired) electrons. The van der Waals surface area contributed by atoms with Gasteiger partial charge in [0.1, 0.15) is 5.75 Å². The molecule has 0 aliphatic carbocycles. The van der Waals surface area contributed by atoms with Crippen LogP contribution >= 0.6 is 0 Å². The van der Waals surface area contributed by atoms with Gasteiger partial charge in [0, 0.05) is 26.2 Å². The Morgan fingerprint density at radius 3 is 1.81 bits per heavy atom. The van der Waals surface area contributed by atoms with Crippen molar-refractivity contribution in [2.45, 2.75) is 19.9 Å². The van der Waals surface area contributed by atoms with Gasteiger partial charge in [0.25, 0.3) is 5.91 Å². The first-order valence-corrected chi connectivity index (χ1v) is 10.9. The number of rotatable bonds is 6. The Bertz CT molecular complexity index is 937. The highest BCUT2D eigenvalue weighted by atomic mass is 16.5. The fourth-order valence-corrected chi connectivity index (χ4v) is 4.37. The van der Waals surface area contributed by atoms with Crippen LogP contribution in [-0.4, -0.2) is 48.5 Å². The summed E-state index contributed by atoms with van der Waals surface area (Å²) >= 11 is 0. The summed E-state index contributed by atoms with van der Waals surface area (Å²) in [6, 6.07) is 27.5. The van der Waals surface area contributed by atoms with Gasteiger partial charge >= 0.3 is 0 Å². The summed E-state index contributed by atoms with van der Waals surface area (Å²) < 4.78 is 5.89. The molecule has 160 valence electrons. The van der Waals surface area contributed by atoms with E-state index >= 15 is 0 Å². The number of piperazine rings is 1. The second kappa shape index (κ2) is 9.80. The standard InChI is InChI=1S/C27H30N2O2/c1-21-10-9-11-22(2)27(21)31-20-25(30)28-16-18-29(19-17-28)26(23-12-5-3-6-13-23)24-14-7-4-8-15-24/h3-15,26H,16-20H2,1-2H3. The van der Waals surface area contributed by atoms with Crippen LogP contribution in [0.2, 0.25) is 0 Å². The Labute approximate surface area is 185 Å². The van der Waals surface area contributed by atoms with Crippen molar-refractivity contribution in [3.8, 4) is 5.75 Å². The number of amides is 1. The molecule has 0 saturated carbocycles. The molecule has 31 heavy (non-hydrogen) atoms. The summed E-state index contributed by atoms with van der Waals surface area (Å²) in [6.45, 7) is 7.22. The molecule has 1 saturated heterocycles. The summed E-state index contributed by atoms with van der Waals surface area (Å²) in [6.07, 6.45) is 0. The van der Waals surface area contributed by atoms with Gasteiger partial charge in [-0.15, -0.1) is 0 Å². The summed E-state index contributed by atoms with van der Waals surface area (Å²) in [4.78, 5) is 17.2. The van der Waals surface area contributed by atoms with Gasteiger partial charge in [0.15, 0.2) is 6.61 Å². The van der Waals surface area contributed by atoms with Crippen molar-refractivity contribution < 1.29 is 9.53 Å². The highest BCUT2D eigenvalue weighted by molar-refractivity contribution is 5.78. The first kappa shape index (κ1) is 21.1. The molecule has 0 aromatic heterocycles. The minimum atomic E-state index is 0.0540. The zero-order valence-corrected chi connectivity index (χ0v) is 18.3. The molecule has 0 bridgehead atoms. The lowest BCUT2D eigenvalue weighted by atomic mass is 9.96. The van der Waals surface area contributed by atoms with E-state index in [1.54, 1.807) is 0 Å². The number of carbonyl (C=O) groups excluding carboxylic acids is 1. The van der Waals surface area contributed by atoms with E-state index in [1.807, 2.05) is 36.9 Å². The number of nitrogens with zero attached hydrogens (tertiary/aromatic N) is 2. The van der Waals surface area contributed by atoms with Gasteiger partial charge in [0.2, 0.25) is 0 Å². The topological polar surface area (TPSA) is 32.8 Å². The van der Waals surface area contributed by atoms with Gasteiger partial charge in [-0.25, -0.2) is 0 Å². The van der Waals surface area contributed by atoms with Crippen LogP contribution in [0.25, 0.3) is 0 Å². The molecule has 1 fully saturated rings. The van der Waals surface area contributed by atoms with Crippen molar-refractivity contribution in [2.24, 2.45) is 0 Å². The fourth-order valence-electron chi connectivity index (χ4n) is 4.37. The number of ether oxygens (including phenoxy) is 1. The molecule has 0 spiro atoms. The van der Waals surface area contributed by atoms with Crippen molar-refractivity contribution in [3.05, 3.63) is 101 Å². The summed E-state index contributed by atoms with van der Waals surface area (Å²) in [5.41, 5.74) is 4.69. The van der Waals surface area contributed by atoms with Gasteiger partial charge in [-0.05, 0) is 36.1 Å². The van der Waals surface area contributed by atoms with Crippen molar-refractivity contribution in [3.63, 3.8) is 0 Å². The van der Waals surface area contributed by atoms with E-state index in [4.69, 9.17) is 4.74 Å². The van der Waals surface area contributed by atoms with Crippen LogP contribution in [0.15, 0.2) is 78.9 Å². The van der Waals surface area contributed by atoms with E-state index in [0.29, 0.717) is 13.1 Å². The molecule has 1 aliphatic rings. The van der Waals surface area contributed by atoms with Gasteiger partial charge in [-0.3, -0.25) is 9.69 Å². The van der Waals surface area contributed by atoms with E-state index in [2.05, 4.69) is 65.6 Å². The molecule has 3 aromatic rings. The van der Waals surface area contributed by atoms with E-state index in [0.717, 1.165) is 30.0 Å². The Balaban J connectivity index is 1.40. The van der Waals surface area contributed by atoms with Crippen LogP contribution in [0.5, 0.6) is 5.75 Å². The zero-order chi connectivity index (χ0) is 21.6. The largest absolute Gasteiger partial charge is 0.483 e. The summed E-state index contributed by atoms with van der Waals surface area (Å²) in [5, 5.41) is 0. The Morgan fingerprint density at radius 1 is 0.774 bits per heavy atom. The molecule has 4 nitrogen and oxygen atoms in total. The third-order valence-electron chi connectivity index (χ3n) is 6.01. The molecule has 0 N–H and O–H groups in total. The van der Waals surface area contributed by atoms with Crippen LogP contribution in [0.1, 0.15) is 28.3 Å². The maximum Gasteiger partial charge on any atom is 0.260 e. The minimum absolute atomic E-state index is 0.0540. The molecule has 0 atom stereocenters. The lowest BCUT2D eigenvalue weighted by molar-refractivity contribution is -0.135. The van der Waals surface area contributed by atoms with Crippen LogP contribution < -0.4 is 4.74 Å². The smallest absolute Gasteiger partial charge is 0.260 e. The number of carbonyl (C=O) groups is 1. The maximum absolute atomic E-state index is 12.8. The van der Waals surface area contributed by atoms with Crippen LogP contribution in [0, 0.1) is 13.8 Å². The lowest BCUT2D eigenvalue weighted by Gasteiger charge is -2.39. The Kier molecular flexibility index (Phi) is 6.68. The van der Waals surface area contributed by atoms with Crippen LogP contribution in [-0.2, 0) is 4.79 Å². The molecule has 4 heteroatoms. The highest BCUT2D eigenvalue weighted by Crippen LogP contribution is 2.29. The SMILES string of the molecule is Cc1cccc(C)c1OCC(=O)N1CCN(C(c2ccccc2)c2ccccc2)CC1. The second-order valence-corrected chi connectivity index (χ2v) is 8.15. The van der Waals surface area contributed by atoms with Gasteiger partial charge in [-0.2, -0.15) is 0 Å². The van der Waals surface area contributed by atoms with E-state index in [-0.39, 0.29) is 18.6 Å². The number of benzene rings is 3. The maximum atomic E-state index is 12.8. The third kappa shape index (κ3) is 4.97. The monoisotopic (exact) mass is 414 g/mol. The van der Waals surface area contributed by atoms with Crippen molar-refractivity contribution in [1.29, 1.82) is 0 Å². The zero-order valence-electron chi connectivity index (χ0n) is 18.3. The van der Waals surface area contributed by atoms with Crippen LogP contribution in [0.4, 0.5) is 0 Å². The average Bonchev–Trinajstić information content (AvgIpc) is 2.81.